The largest absolute Gasteiger partial charge is 0.341 e. The molecule has 1 N–H and O–H groups in total. The number of nitrogens with zero attached hydrogens (tertiary/aromatic N) is 1. The number of carbonyl (C=O) groups excluding carboxylic acids is 2. The van der Waals surface area contributed by atoms with Gasteiger partial charge in [0.25, 0.3) is 5.91 Å². The van der Waals surface area contributed by atoms with Gasteiger partial charge in [0.1, 0.15) is 11.4 Å². The zero-order valence-electron chi connectivity index (χ0n) is 20.2. The van der Waals surface area contributed by atoms with Crippen LogP contribution in [-0.2, 0) is 16.0 Å². The summed E-state index contributed by atoms with van der Waals surface area (Å²) in [6, 6.07) is 30.4. The van der Waals surface area contributed by atoms with Crippen LogP contribution in [-0.4, -0.2) is 44.9 Å². The van der Waals surface area contributed by atoms with E-state index in [1.54, 1.807) is 11.8 Å². The van der Waals surface area contributed by atoms with E-state index in [1.165, 1.54) is 16.7 Å². The summed E-state index contributed by atoms with van der Waals surface area (Å²) < 4.78 is 0. The van der Waals surface area contributed by atoms with Crippen LogP contribution in [0.2, 0.25) is 0 Å². The molecule has 6 heteroatoms. The fourth-order valence-electron chi connectivity index (χ4n) is 4.89. The summed E-state index contributed by atoms with van der Waals surface area (Å²) in [7, 11) is 0. The van der Waals surface area contributed by atoms with Crippen molar-refractivity contribution in [3.63, 3.8) is 0 Å². The Morgan fingerprint density at radius 2 is 1.53 bits per heavy atom. The molecule has 4 nitrogen and oxygen atoms in total. The Balaban J connectivity index is 1.42. The van der Waals surface area contributed by atoms with Crippen molar-refractivity contribution < 1.29 is 9.59 Å². The Hall–Kier alpha value is -2.96. The van der Waals surface area contributed by atoms with Gasteiger partial charge < -0.3 is 10.2 Å². The number of rotatable bonds is 9. The lowest BCUT2D eigenvalue weighted by Crippen LogP contribution is -2.69. The maximum absolute atomic E-state index is 13.1. The molecule has 1 fully saturated rings. The first-order chi connectivity index (χ1) is 17.7. The molecular weight excluding hydrogens is 484 g/mol. The van der Waals surface area contributed by atoms with Crippen molar-refractivity contribution in [2.24, 2.45) is 0 Å². The zero-order chi connectivity index (χ0) is 24.9. The summed E-state index contributed by atoms with van der Waals surface area (Å²) >= 11 is 3.68. The van der Waals surface area contributed by atoms with E-state index in [9.17, 15) is 9.59 Å². The van der Waals surface area contributed by atoms with Crippen LogP contribution in [0.3, 0.4) is 0 Å². The van der Waals surface area contributed by atoms with Crippen LogP contribution in [0.4, 0.5) is 0 Å². The van der Waals surface area contributed by atoms with Crippen LogP contribution in [0.25, 0.3) is 0 Å². The van der Waals surface area contributed by atoms with E-state index in [-0.39, 0.29) is 34.8 Å². The monoisotopic (exact) mass is 514 g/mol. The van der Waals surface area contributed by atoms with Crippen molar-refractivity contribution in [3.8, 4) is 0 Å². The van der Waals surface area contributed by atoms with Gasteiger partial charge in [-0.2, -0.15) is 11.8 Å². The molecule has 1 saturated heterocycles. The van der Waals surface area contributed by atoms with Crippen molar-refractivity contribution in [1.29, 1.82) is 0 Å². The average molecular weight is 515 g/mol. The Labute approximate surface area is 221 Å². The van der Waals surface area contributed by atoms with Gasteiger partial charge in [-0.05, 0) is 28.0 Å². The standard InChI is InChI=1S/C30H30N2O2S2/c1-2-35-20-24-19-32-29(34)27(31-25(33)18-21-12-6-3-7-13-21)30(32)36-28(24)26(22-14-8-4-9-15-22)23-16-10-5-11-17-23/h3-17,19,26-28,30H,2,18,20H2,1H3,(H,31,33)/t27?,28?,30-/m1/s1. The molecular formula is C30H30N2O2S2. The van der Waals surface area contributed by atoms with Crippen LogP contribution >= 0.6 is 23.5 Å². The van der Waals surface area contributed by atoms with Gasteiger partial charge in [0.2, 0.25) is 5.91 Å². The van der Waals surface area contributed by atoms with E-state index in [2.05, 4.69) is 67.0 Å². The highest BCUT2D eigenvalue weighted by molar-refractivity contribution is 8.01. The molecule has 0 aliphatic carbocycles. The van der Waals surface area contributed by atoms with Gasteiger partial charge >= 0.3 is 0 Å². The van der Waals surface area contributed by atoms with E-state index in [1.807, 2.05) is 59.1 Å². The number of nitrogens with one attached hydrogen (secondary N) is 1. The maximum atomic E-state index is 13.1. The minimum Gasteiger partial charge on any atom is -0.341 e. The average Bonchev–Trinajstić information content (AvgIpc) is 2.92. The fraction of sp³-hybridized carbons (Fsp3) is 0.267. The molecule has 0 saturated carbocycles. The van der Waals surface area contributed by atoms with Gasteiger partial charge in [-0.1, -0.05) is 97.9 Å². The van der Waals surface area contributed by atoms with Gasteiger partial charge in [-0.3, -0.25) is 9.59 Å². The molecule has 3 aromatic rings. The molecule has 0 aromatic heterocycles. The number of β-lactam (4-membered cyclic amide) rings is 1. The summed E-state index contributed by atoms with van der Waals surface area (Å²) in [5.41, 5.74) is 4.73. The Morgan fingerprint density at radius 3 is 2.11 bits per heavy atom. The first-order valence-corrected chi connectivity index (χ1v) is 14.4. The van der Waals surface area contributed by atoms with Crippen molar-refractivity contribution >= 4 is 35.3 Å². The van der Waals surface area contributed by atoms with Gasteiger partial charge in [0.05, 0.1) is 6.42 Å². The predicted molar refractivity (Wildman–Crippen MR) is 150 cm³/mol. The molecule has 0 spiro atoms. The van der Waals surface area contributed by atoms with E-state index in [0.717, 1.165) is 17.1 Å². The smallest absolute Gasteiger partial charge is 0.253 e. The first kappa shape index (κ1) is 24.7. The first-order valence-electron chi connectivity index (χ1n) is 12.3. The lowest BCUT2D eigenvalue weighted by molar-refractivity contribution is -0.144. The number of benzene rings is 3. The van der Waals surface area contributed by atoms with E-state index >= 15 is 0 Å². The van der Waals surface area contributed by atoms with E-state index in [0.29, 0.717) is 0 Å². The zero-order valence-corrected chi connectivity index (χ0v) is 21.9. The summed E-state index contributed by atoms with van der Waals surface area (Å²) in [6.45, 7) is 2.16. The molecule has 5 rings (SSSR count). The molecule has 2 aliphatic rings. The third-order valence-corrected chi connectivity index (χ3v) is 9.25. The number of carbonyl (C=O) groups is 2. The quantitative estimate of drug-likeness (QED) is 0.385. The summed E-state index contributed by atoms with van der Waals surface area (Å²) in [5, 5.41) is 3.08. The molecule has 2 heterocycles. The SMILES string of the molecule is CCSCC1=CN2C(=O)C(NC(=O)Cc3ccccc3)[C@H]2SC1C(c1ccccc1)c1ccccc1. The lowest BCUT2D eigenvalue weighted by Gasteiger charge is -2.50. The van der Waals surface area contributed by atoms with E-state index in [4.69, 9.17) is 0 Å². The van der Waals surface area contributed by atoms with Crippen LogP contribution in [0.15, 0.2) is 103 Å². The van der Waals surface area contributed by atoms with Gasteiger partial charge in [-0.25, -0.2) is 0 Å². The Kier molecular flexibility index (Phi) is 7.83. The third-order valence-electron chi connectivity index (χ3n) is 6.65. The topological polar surface area (TPSA) is 49.4 Å². The second-order valence-electron chi connectivity index (χ2n) is 9.04. The number of hydrogen-bond acceptors (Lipinski definition) is 4. The molecule has 2 unspecified atom stereocenters. The predicted octanol–water partition coefficient (Wildman–Crippen LogP) is 5.47. The van der Waals surface area contributed by atoms with Crippen LogP contribution in [0.5, 0.6) is 0 Å². The van der Waals surface area contributed by atoms with Gasteiger partial charge in [-0.15, -0.1) is 11.8 Å². The van der Waals surface area contributed by atoms with Gasteiger partial charge in [0, 0.05) is 23.1 Å². The van der Waals surface area contributed by atoms with Crippen molar-refractivity contribution in [3.05, 3.63) is 119 Å². The molecule has 184 valence electrons. The molecule has 36 heavy (non-hydrogen) atoms. The molecule has 0 radical (unpaired) electrons. The number of fused-ring (bicyclic) bond motifs is 1. The normalized spacial score (nSPS) is 20.9. The molecule has 3 atom stereocenters. The second-order valence-corrected chi connectivity index (χ2v) is 11.6. The minimum atomic E-state index is -0.502. The third kappa shape index (κ3) is 5.25. The molecule has 0 bridgehead atoms. The number of thioether (sulfide) groups is 2. The minimum absolute atomic E-state index is 0.0256. The summed E-state index contributed by atoms with van der Waals surface area (Å²) in [5.74, 6) is 1.91. The highest BCUT2D eigenvalue weighted by Crippen LogP contribution is 2.48. The van der Waals surface area contributed by atoms with E-state index < -0.39 is 6.04 Å². The lowest BCUT2D eigenvalue weighted by atomic mass is 9.85. The van der Waals surface area contributed by atoms with Crippen LogP contribution < -0.4 is 5.32 Å². The molecule has 3 aromatic carbocycles. The maximum Gasteiger partial charge on any atom is 0.253 e. The van der Waals surface area contributed by atoms with Gasteiger partial charge in [0.15, 0.2) is 0 Å². The van der Waals surface area contributed by atoms with Crippen molar-refractivity contribution in [1.82, 2.24) is 10.2 Å². The van der Waals surface area contributed by atoms with Crippen molar-refractivity contribution in [2.75, 3.05) is 11.5 Å². The second kappa shape index (κ2) is 11.4. The van der Waals surface area contributed by atoms with Crippen LogP contribution in [0, 0.1) is 0 Å². The fourth-order valence-corrected chi connectivity index (χ4v) is 7.42. The Morgan fingerprint density at radius 1 is 0.944 bits per heavy atom. The summed E-state index contributed by atoms with van der Waals surface area (Å²) in [6.07, 6.45) is 2.34. The van der Waals surface area contributed by atoms with Crippen molar-refractivity contribution in [2.45, 2.75) is 35.9 Å². The van der Waals surface area contributed by atoms with Crippen LogP contribution in [0.1, 0.15) is 29.5 Å². The highest BCUT2D eigenvalue weighted by Gasteiger charge is 2.52. The number of hydrogen-bond donors (Lipinski definition) is 1. The summed E-state index contributed by atoms with van der Waals surface area (Å²) in [4.78, 5) is 27.7. The highest BCUT2D eigenvalue weighted by atomic mass is 32.2. The molecule has 2 amide bonds. The molecule has 2 aliphatic heterocycles. The Bertz CT molecular complexity index is 1180. The number of amides is 2.